The molecule has 112 valence electrons. The van der Waals surface area contributed by atoms with E-state index in [2.05, 4.69) is 11.5 Å². The zero-order valence-corrected chi connectivity index (χ0v) is 14.5. The third-order valence-electron chi connectivity index (χ3n) is 3.62. The van der Waals surface area contributed by atoms with Crippen LogP contribution in [0.25, 0.3) is 0 Å². The Hall–Kier alpha value is -0.230. The maximum atomic E-state index is 6.09. The topological polar surface area (TPSA) is 38.0 Å². The first-order chi connectivity index (χ1) is 10.2. The number of rotatable bonds is 4. The van der Waals surface area contributed by atoms with E-state index >= 15 is 0 Å². The summed E-state index contributed by atoms with van der Waals surface area (Å²) in [6.07, 6.45) is 1.98. The highest BCUT2D eigenvalue weighted by atomic mass is 35.5. The summed E-state index contributed by atoms with van der Waals surface area (Å²) in [5.41, 5.74) is 5.54. The molecule has 0 fully saturated rings. The Morgan fingerprint density at radius 3 is 2.81 bits per heavy atom. The average Bonchev–Trinajstić information content (AvgIpc) is 2.92. The predicted octanol–water partition coefficient (Wildman–Crippen LogP) is 4.59. The normalized spacial score (nSPS) is 15.8. The lowest BCUT2D eigenvalue weighted by atomic mass is 10.0. The molecule has 3 rings (SSSR count). The fraction of sp³-hybridized carbons (Fsp3) is 0.333. The number of nitrogens with one attached hydrogen (secondary N) is 1. The number of halogens is 2. The van der Waals surface area contributed by atoms with Gasteiger partial charge in [-0.2, -0.15) is 11.8 Å². The average molecular weight is 359 g/mol. The first-order valence-electron chi connectivity index (χ1n) is 6.76. The zero-order chi connectivity index (χ0) is 14.8. The summed E-state index contributed by atoms with van der Waals surface area (Å²) >= 11 is 15.9. The minimum Gasteiger partial charge on any atom is -0.271 e. The molecule has 1 atom stereocenters. The lowest BCUT2D eigenvalue weighted by Crippen LogP contribution is -2.28. The summed E-state index contributed by atoms with van der Waals surface area (Å²) in [5, 5.41) is 1.17. The summed E-state index contributed by atoms with van der Waals surface area (Å²) in [5.74, 6) is 8.11. The van der Waals surface area contributed by atoms with Gasteiger partial charge in [0, 0.05) is 15.5 Å². The lowest BCUT2D eigenvalue weighted by molar-refractivity contribution is 0.560. The van der Waals surface area contributed by atoms with Crippen molar-refractivity contribution in [2.45, 2.75) is 24.6 Å². The van der Waals surface area contributed by atoms with Gasteiger partial charge in [0.2, 0.25) is 0 Å². The van der Waals surface area contributed by atoms with Crippen LogP contribution in [-0.2, 0) is 18.6 Å². The molecule has 1 aromatic carbocycles. The molecular formula is C15H16Cl2N2S2. The number of hydrazine groups is 1. The van der Waals surface area contributed by atoms with E-state index in [9.17, 15) is 0 Å². The Morgan fingerprint density at radius 2 is 2.10 bits per heavy atom. The molecular weight excluding hydrogens is 343 g/mol. The highest BCUT2D eigenvalue weighted by Crippen LogP contribution is 2.35. The van der Waals surface area contributed by atoms with E-state index in [-0.39, 0.29) is 6.04 Å². The summed E-state index contributed by atoms with van der Waals surface area (Å²) in [6.45, 7) is 0. The molecule has 2 nitrogen and oxygen atoms in total. The van der Waals surface area contributed by atoms with E-state index in [1.165, 1.54) is 27.5 Å². The number of benzene rings is 1. The van der Waals surface area contributed by atoms with Gasteiger partial charge in [0.15, 0.2) is 0 Å². The molecule has 1 aromatic heterocycles. The van der Waals surface area contributed by atoms with Crippen LogP contribution in [0.2, 0.25) is 10.0 Å². The third-order valence-corrected chi connectivity index (χ3v) is 6.71. The molecule has 1 aliphatic rings. The van der Waals surface area contributed by atoms with Gasteiger partial charge in [0.1, 0.15) is 0 Å². The summed E-state index contributed by atoms with van der Waals surface area (Å²) in [6, 6.07) is 8.17. The lowest BCUT2D eigenvalue weighted by Gasteiger charge is -2.14. The van der Waals surface area contributed by atoms with E-state index in [1.807, 2.05) is 41.3 Å². The van der Waals surface area contributed by atoms with Crippen molar-refractivity contribution >= 4 is 46.3 Å². The molecule has 0 spiro atoms. The number of hydrogen-bond donors (Lipinski definition) is 2. The summed E-state index contributed by atoms with van der Waals surface area (Å²) in [4.78, 5) is 2.81. The van der Waals surface area contributed by atoms with Crippen LogP contribution in [0.4, 0.5) is 0 Å². The second-order valence-corrected chi connectivity index (χ2v) is 8.16. The summed E-state index contributed by atoms with van der Waals surface area (Å²) in [7, 11) is 0. The molecule has 1 unspecified atom stereocenters. The molecule has 21 heavy (non-hydrogen) atoms. The number of aryl methyl sites for hydroxylation is 1. The van der Waals surface area contributed by atoms with Crippen LogP contribution in [0.5, 0.6) is 0 Å². The second kappa shape index (κ2) is 6.90. The monoisotopic (exact) mass is 358 g/mol. The Labute approximate surface area is 143 Å². The zero-order valence-electron chi connectivity index (χ0n) is 11.4. The van der Waals surface area contributed by atoms with Crippen molar-refractivity contribution in [2.75, 3.05) is 5.75 Å². The molecule has 0 saturated carbocycles. The van der Waals surface area contributed by atoms with Crippen molar-refractivity contribution in [3.63, 3.8) is 0 Å². The van der Waals surface area contributed by atoms with Crippen LogP contribution in [0.3, 0.4) is 0 Å². The van der Waals surface area contributed by atoms with Crippen molar-refractivity contribution in [1.82, 2.24) is 5.43 Å². The van der Waals surface area contributed by atoms with E-state index < -0.39 is 0 Å². The van der Waals surface area contributed by atoms with Crippen molar-refractivity contribution < 1.29 is 0 Å². The van der Waals surface area contributed by atoms with Gasteiger partial charge in [-0.15, -0.1) is 11.3 Å². The van der Waals surface area contributed by atoms with Gasteiger partial charge < -0.3 is 0 Å². The van der Waals surface area contributed by atoms with Crippen LogP contribution in [0.15, 0.2) is 24.3 Å². The quantitative estimate of drug-likeness (QED) is 0.619. The highest BCUT2D eigenvalue weighted by molar-refractivity contribution is 7.98. The van der Waals surface area contributed by atoms with Crippen molar-refractivity contribution in [1.29, 1.82) is 0 Å². The Balaban J connectivity index is 1.81. The molecule has 2 heterocycles. The van der Waals surface area contributed by atoms with Crippen molar-refractivity contribution in [3.8, 4) is 0 Å². The summed E-state index contributed by atoms with van der Waals surface area (Å²) < 4.78 is 0. The minimum absolute atomic E-state index is 0.114. The molecule has 0 bridgehead atoms. The van der Waals surface area contributed by atoms with Gasteiger partial charge in [0.05, 0.1) is 16.1 Å². The van der Waals surface area contributed by atoms with Gasteiger partial charge in [-0.25, -0.2) is 0 Å². The molecule has 1 aliphatic heterocycles. The van der Waals surface area contributed by atoms with Crippen LogP contribution in [0.1, 0.15) is 26.9 Å². The maximum absolute atomic E-state index is 6.09. The molecule has 6 heteroatoms. The highest BCUT2D eigenvalue weighted by Gasteiger charge is 2.19. The fourth-order valence-electron chi connectivity index (χ4n) is 2.49. The maximum Gasteiger partial charge on any atom is 0.0595 e. The molecule has 0 radical (unpaired) electrons. The number of nitrogens with two attached hydrogens (primary N) is 1. The smallest absolute Gasteiger partial charge is 0.0595 e. The molecule has 2 aromatic rings. The van der Waals surface area contributed by atoms with Gasteiger partial charge >= 0.3 is 0 Å². The molecule has 0 amide bonds. The van der Waals surface area contributed by atoms with Gasteiger partial charge in [0.25, 0.3) is 0 Å². The van der Waals surface area contributed by atoms with Crippen LogP contribution < -0.4 is 11.3 Å². The Bertz CT molecular complexity index is 619. The van der Waals surface area contributed by atoms with Gasteiger partial charge in [-0.05, 0) is 47.9 Å². The molecule has 3 N–H and O–H groups in total. The van der Waals surface area contributed by atoms with E-state index in [0.29, 0.717) is 10.0 Å². The van der Waals surface area contributed by atoms with E-state index in [4.69, 9.17) is 29.0 Å². The number of fused-ring (bicyclic) bond motifs is 1. The standard InChI is InChI=1S/C15H16Cl2N2S2/c16-11-2-1-9(5-12(11)17)6-13(19-18)15-7-10-8-20-4-3-14(10)21-15/h1-2,5,7,13,19H,3-4,6,8,18H2. The molecule has 0 saturated heterocycles. The van der Waals surface area contributed by atoms with Crippen molar-refractivity contribution in [2.24, 2.45) is 5.84 Å². The first kappa shape index (κ1) is 15.7. The Kier molecular flexibility index (Phi) is 5.15. The largest absolute Gasteiger partial charge is 0.271 e. The van der Waals surface area contributed by atoms with Crippen LogP contribution in [-0.4, -0.2) is 5.75 Å². The number of thiophene rings is 1. The van der Waals surface area contributed by atoms with Crippen LogP contribution >= 0.6 is 46.3 Å². The Morgan fingerprint density at radius 1 is 1.24 bits per heavy atom. The number of hydrogen-bond acceptors (Lipinski definition) is 4. The number of thioether (sulfide) groups is 1. The second-order valence-electron chi connectivity index (χ2n) is 5.07. The fourth-order valence-corrected chi connectivity index (χ4v) is 5.24. The third kappa shape index (κ3) is 3.58. The van der Waals surface area contributed by atoms with E-state index in [1.54, 1.807) is 0 Å². The predicted molar refractivity (Wildman–Crippen MR) is 94.4 cm³/mol. The van der Waals surface area contributed by atoms with Gasteiger partial charge in [-0.1, -0.05) is 29.3 Å². The van der Waals surface area contributed by atoms with Gasteiger partial charge in [-0.3, -0.25) is 11.3 Å². The first-order valence-corrected chi connectivity index (χ1v) is 9.49. The van der Waals surface area contributed by atoms with Crippen molar-refractivity contribution in [3.05, 3.63) is 55.2 Å². The van der Waals surface area contributed by atoms with E-state index in [0.717, 1.165) is 17.7 Å². The molecule has 0 aliphatic carbocycles. The minimum atomic E-state index is 0.114. The van der Waals surface area contributed by atoms with Crippen LogP contribution in [0, 0.1) is 0 Å². The SMILES string of the molecule is NNC(Cc1ccc(Cl)c(Cl)c1)c1cc2c(s1)CCSC2.